The molecule has 4 atom stereocenters. The van der Waals surface area contributed by atoms with Gasteiger partial charge in [-0.05, 0) is 17.7 Å². The molecule has 2 rings (SSSR count). The summed E-state index contributed by atoms with van der Waals surface area (Å²) in [6.07, 6.45) is 6.21. The molecule has 0 aliphatic carbocycles. The summed E-state index contributed by atoms with van der Waals surface area (Å²) in [6.45, 7) is 3.62. The number of carbonyl (C=O) groups excluding carboxylic acids is 2. The van der Waals surface area contributed by atoms with E-state index in [4.69, 9.17) is 25.4 Å². The molecule has 0 fully saturated rings. The molecule has 1 aromatic carbocycles. The lowest BCUT2D eigenvalue weighted by Crippen LogP contribution is -2.43. The lowest BCUT2D eigenvalue weighted by Gasteiger charge is -2.32. The molecule has 0 saturated heterocycles. The summed E-state index contributed by atoms with van der Waals surface area (Å²) in [4.78, 5) is 22.3. The van der Waals surface area contributed by atoms with Gasteiger partial charge in [0, 0.05) is 26.9 Å². The molecule has 1 heterocycles. The Hall–Kier alpha value is -2.66. The van der Waals surface area contributed by atoms with E-state index in [-0.39, 0.29) is 6.61 Å². The first-order valence-electron chi connectivity index (χ1n) is 8.98. The van der Waals surface area contributed by atoms with Gasteiger partial charge in [0.15, 0.2) is 6.29 Å². The van der Waals surface area contributed by atoms with Crippen molar-refractivity contribution in [2.45, 2.75) is 45.0 Å². The first kappa shape index (κ1) is 21.6. The van der Waals surface area contributed by atoms with Gasteiger partial charge >= 0.3 is 11.9 Å². The standard InChI is InChI=1S/C21H25NO6/c1-4-18(13-22-12-17-8-6-5-7-9-17)27-21-11-10-19(26-16(3)24)20(28-21)14-25-15(2)23/h1,5-11,18-22H,12-14H2,2-3H3/t18?,19-,20?,21-/m0/s1. The summed E-state index contributed by atoms with van der Waals surface area (Å²) in [7, 11) is 0. The van der Waals surface area contributed by atoms with Gasteiger partial charge in [-0.1, -0.05) is 36.3 Å². The molecule has 7 heteroatoms. The molecule has 0 saturated carbocycles. The van der Waals surface area contributed by atoms with Crippen LogP contribution < -0.4 is 5.32 Å². The Kier molecular flexibility index (Phi) is 8.69. The van der Waals surface area contributed by atoms with Gasteiger partial charge in [-0.2, -0.15) is 0 Å². The molecule has 0 bridgehead atoms. The number of rotatable bonds is 9. The number of nitrogens with one attached hydrogen (secondary N) is 1. The van der Waals surface area contributed by atoms with Crippen molar-refractivity contribution in [1.29, 1.82) is 0 Å². The largest absolute Gasteiger partial charge is 0.463 e. The van der Waals surface area contributed by atoms with Crippen LogP contribution in [0.5, 0.6) is 0 Å². The highest BCUT2D eigenvalue weighted by atomic mass is 16.7. The molecular formula is C21H25NO6. The van der Waals surface area contributed by atoms with Crippen LogP contribution in [0.2, 0.25) is 0 Å². The maximum Gasteiger partial charge on any atom is 0.303 e. The van der Waals surface area contributed by atoms with Crippen LogP contribution in [0, 0.1) is 12.3 Å². The van der Waals surface area contributed by atoms with Crippen molar-refractivity contribution in [3.63, 3.8) is 0 Å². The second kappa shape index (κ2) is 11.2. The van der Waals surface area contributed by atoms with Crippen molar-refractivity contribution < 1.29 is 28.5 Å². The van der Waals surface area contributed by atoms with Crippen LogP contribution in [0.15, 0.2) is 42.5 Å². The zero-order chi connectivity index (χ0) is 20.4. The summed E-state index contributed by atoms with van der Waals surface area (Å²) in [5, 5.41) is 3.24. The zero-order valence-corrected chi connectivity index (χ0v) is 16.0. The molecule has 2 unspecified atom stereocenters. The third kappa shape index (κ3) is 7.53. The second-order valence-corrected chi connectivity index (χ2v) is 6.21. The quantitative estimate of drug-likeness (QED) is 0.391. The van der Waals surface area contributed by atoms with E-state index < -0.39 is 36.5 Å². The van der Waals surface area contributed by atoms with E-state index in [0.29, 0.717) is 13.1 Å². The van der Waals surface area contributed by atoms with Crippen LogP contribution in [0.1, 0.15) is 19.4 Å². The van der Waals surface area contributed by atoms with Gasteiger partial charge < -0.3 is 24.3 Å². The van der Waals surface area contributed by atoms with Crippen molar-refractivity contribution in [3.05, 3.63) is 48.0 Å². The van der Waals surface area contributed by atoms with Gasteiger partial charge in [-0.3, -0.25) is 9.59 Å². The number of benzene rings is 1. The predicted molar refractivity (Wildman–Crippen MR) is 102 cm³/mol. The second-order valence-electron chi connectivity index (χ2n) is 6.21. The monoisotopic (exact) mass is 387 g/mol. The topological polar surface area (TPSA) is 83.1 Å². The summed E-state index contributed by atoms with van der Waals surface area (Å²) in [5.41, 5.74) is 1.14. The maximum absolute atomic E-state index is 11.3. The Morgan fingerprint density at radius 1 is 1.21 bits per heavy atom. The molecular weight excluding hydrogens is 362 g/mol. The summed E-state index contributed by atoms with van der Waals surface area (Å²) < 4.78 is 21.7. The van der Waals surface area contributed by atoms with Crippen LogP contribution >= 0.6 is 0 Å². The minimum atomic E-state index is -0.744. The highest BCUT2D eigenvalue weighted by Crippen LogP contribution is 2.19. The van der Waals surface area contributed by atoms with E-state index in [2.05, 4.69) is 11.2 Å². The van der Waals surface area contributed by atoms with Crippen LogP contribution in [0.4, 0.5) is 0 Å². The molecule has 0 spiro atoms. The van der Waals surface area contributed by atoms with Gasteiger partial charge in [0.25, 0.3) is 0 Å². The van der Waals surface area contributed by atoms with Crippen molar-refractivity contribution >= 4 is 11.9 Å². The highest BCUT2D eigenvalue weighted by molar-refractivity contribution is 5.66. The molecule has 28 heavy (non-hydrogen) atoms. The average molecular weight is 387 g/mol. The maximum atomic E-state index is 11.3. The van der Waals surface area contributed by atoms with E-state index in [1.54, 1.807) is 12.2 Å². The predicted octanol–water partition coefficient (Wildman–Crippen LogP) is 1.57. The minimum absolute atomic E-state index is 0.0650. The summed E-state index contributed by atoms with van der Waals surface area (Å²) in [5.74, 6) is 1.66. The summed E-state index contributed by atoms with van der Waals surface area (Å²) >= 11 is 0. The molecule has 0 amide bonds. The van der Waals surface area contributed by atoms with E-state index >= 15 is 0 Å². The lowest BCUT2D eigenvalue weighted by atomic mass is 10.1. The SMILES string of the molecule is C#CC(CNCc1ccccc1)O[C@@H]1C=C[C@H](OC(C)=O)C(COC(C)=O)O1. The fourth-order valence-corrected chi connectivity index (χ4v) is 2.59. The van der Waals surface area contributed by atoms with Crippen LogP contribution in [-0.4, -0.2) is 49.7 Å². The van der Waals surface area contributed by atoms with Gasteiger partial charge in [0.1, 0.15) is 24.9 Å². The van der Waals surface area contributed by atoms with Crippen LogP contribution in [0.25, 0.3) is 0 Å². The molecule has 1 N–H and O–H groups in total. The number of hydrogen-bond acceptors (Lipinski definition) is 7. The molecule has 0 radical (unpaired) electrons. The Morgan fingerprint density at radius 2 is 1.96 bits per heavy atom. The van der Waals surface area contributed by atoms with E-state index in [9.17, 15) is 9.59 Å². The Balaban J connectivity index is 1.88. The molecule has 7 nitrogen and oxygen atoms in total. The van der Waals surface area contributed by atoms with Gasteiger partial charge in [0.05, 0.1) is 0 Å². The minimum Gasteiger partial charge on any atom is -0.463 e. The Morgan fingerprint density at radius 3 is 2.61 bits per heavy atom. The average Bonchev–Trinajstić information content (AvgIpc) is 2.67. The number of hydrogen-bond donors (Lipinski definition) is 1. The smallest absolute Gasteiger partial charge is 0.303 e. The van der Waals surface area contributed by atoms with Crippen LogP contribution in [0.3, 0.4) is 0 Å². The molecule has 150 valence electrons. The number of esters is 2. The zero-order valence-electron chi connectivity index (χ0n) is 16.0. The van der Waals surface area contributed by atoms with Crippen molar-refractivity contribution in [2.75, 3.05) is 13.2 Å². The van der Waals surface area contributed by atoms with Gasteiger partial charge in [0.2, 0.25) is 0 Å². The Bertz CT molecular complexity index is 711. The summed E-state index contributed by atoms with van der Waals surface area (Å²) in [6, 6.07) is 9.92. The molecule has 1 aromatic rings. The third-order valence-corrected chi connectivity index (χ3v) is 3.87. The van der Waals surface area contributed by atoms with E-state index in [1.165, 1.54) is 13.8 Å². The first-order valence-corrected chi connectivity index (χ1v) is 8.98. The molecule has 1 aliphatic rings. The Labute approximate surface area is 165 Å². The molecule has 0 aromatic heterocycles. The van der Waals surface area contributed by atoms with Crippen LogP contribution in [-0.2, 0) is 35.1 Å². The normalized spacial score (nSPS) is 22.1. The number of terminal acetylenes is 1. The van der Waals surface area contributed by atoms with Crippen molar-refractivity contribution in [2.24, 2.45) is 0 Å². The first-order chi connectivity index (χ1) is 13.5. The highest BCUT2D eigenvalue weighted by Gasteiger charge is 2.31. The van der Waals surface area contributed by atoms with E-state index in [0.717, 1.165) is 5.56 Å². The van der Waals surface area contributed by atoms with Crippen molar-refractivity contribution in [3.8, 4) is 12.3 Å². The van der Waals surface area contributed by atoms with Gasteiger partial charge in [-0.15, -0.1) is 6.42 Å². The fourth-order valence-electron chi connectivity index (χ4n) is 2.59. The molecule has 1 aliphatic heterocycles. The fraction of sp³-hybridized carbons (Fsp3) is 0.429. The third-order valence-electron chi connectivity index (χ3n) is 3.87. The number of carbonyl (C=O) groups is 2. The van der Waals surface area contributed by atoms with E-state index in [1.807, 2.05) is 30.3 Å². The number of ether oxygens (including phenoxy) is 4. The van der Waals surface area contributed by atoms with Crippen molar-refractivity contribution in [1.82, 2.24) is 5.32 Å². The van der Waals surface area contributed by atoms with Gasteiger partial charge in [-0.25, -0.2) is 0 Å². The lowest BCUT2D eigenvalue weighted by molar-refractivity contribution is -0.203.